The first-order valence-corrected chi connectivity index (χ1v) is 11.7. The van der Waals surface area contributed by atoms with Gasteiger partial charge in [-0.15, -0.1) is 0 Å². The summed E-state index contributed by atoms with van der Waals surface area (Å²) >= 11 is 0. The van der Waals surface area contributed by atoms with Crippen LogP contribution < -0.4 is 21.3 Å². The fraction of sp³-hybridized carbons (Fsp3) is 0.308. The Balaban J connectivity index is 2.28. The Morgan fingerprint density at radius 1 is 0.711 bits per heavy atom. The van der Waals surface area contributed by atoms with Crippen molar-refractivity contribution in [3.63, 3.8) is 0 Å². The van der Waals surface area contributed by atoms with Gasteiger partial charge in [0.2, 0.25) is 11.8 Å². The molecule has 38 heavy (non-hydrogen) atoms. The maximum atomic E-state index is 13.9. The Bertz CT molecular complexity index is 1240. The third kappa shape index (κ3) is 4.66. The molecule has 2 aromatic carbocycles. The van der Waals surface area contributed by atoms with Crippen LogP contribution in [0.1, 0.15) is 58.5 Å². The molecule has 0 radical (unpaired) electrons. The second-order valence-corrected chi connectivity index (χ2v) is 8.23. The molecule has 4 N–H and O–H groups in total. The minimum Gasteiger partial charge on any atom is -0.466 e. The average molecular weight is 525 g/mol. The molecule has 0 saturated carbocycles. The molecular formula is C26H28N4O8. The zero-order chi connectivity index (χ0) is 28.3. The van der Waals surface area contributed by atoms with Gasteiger partial charge in [0, 0.05) is 24.0 Å². The lowest BCUT2D eigenvalue weighted by Gasteiger charge is -2.33. The number of nitrogens with zero attached hydrogens (tertiary/aromatic N) is 2. The van der Waals surface area contributed by atoms with Crippen LogP contribution in [0.15, 0.2) is 36.4 Å². The molecule has 1 aliphatic rings. The third-order valence-electron chi connectivity index (χ3n) is 6.13. The van der Waals surface area contributed by atoms with Crippen molar-refractivity contribution in [1.29, 1.82) is 0 Å². The van der Waals surface area contributed by atoms with Gasteiger partial charge in [-0.25, -0.2) is 9.59 Å². The number of ketones is 2. The largest absolute Gasteiger partial charge is 0.466 e. The highest BCUT2D eigenvalue weighted by Gasteiger charge is 2.40. The normalized spacial score (nSPS) is 13.5. The van der Waals surface area contributed by atoms with Crippen LogP contribution in [-0.4, -0.2) is 61.9 Å². The molecule has 1 aliphatic carbocycles. The van der Waals surface area contributed by atoms with Gasteiger partial charge in [0.25, 0.3) is 0 Å². The van der Waals surface area contributed by atoms with Crippen LogP contribution in [-0.2, 0) is 28.7 Å². The van der Waals surface area contributed by atoms with Crippen LogP contribution in [0.4, 0.5) is 11.4 Å². The number of anilines is 2. The van der Waals surface area contributed by atoms with E-state index in [4.69, 9.17) is 11.5 Å². The number of amides is 2. The van der Waals surface area contributed by atoms with Crippen molar-refractivity contribution in [3.8, 4) is 0 Å². The van der Waals surface area contributed by atoms with E-state index in [-0.39, 0.29) is 46.5 Å². The Labute approximate surface area is 218 Å². The summed E-state index contributed by atoms with van der Waals surface area (Å²) in [6.07, 6.45) is -3.27. The number of esters is 2. The molecule has 0 aromatic heterocycles. The van der Waals surface area contributed by atoms with E-state index in [1.165, 1.54) is 36.4 Å². The predicted octanol–water partition coefficient (Wildman–Crippen LogP) is 0.864. The molecule has 0 spiro atoms. The molecule has 2 atom stereocenters. The molecule has 2 amide bonds. The second kappa shape index (κ2) is 11.3. The molecule has 3 rings (SSSR count). The van der Waals surface area contributed by atoms with Gasteiger partial charge in [0.1, 0.15) is 0 Å². The zero-order valence-corrected chi connectivity index (χ0v) is 21.3. The van der Waals surface area contributed by atoms with E-state index in [1.54, 1.807) is 13.8 Å². The Kier molecular flexibility index (Phi) is 8.39. The molecule has 0 fully saturated rings. The molecule has 0 saturated heterocycles. The standard InChI is InChI=1S/C26H28N4O8/c1-5-17(31)29(23(27)25(35)37-3)15-11-7-9-13-19(15)21(33)14-10-8-12-16(20(14)22(13)34)30(18(32)6-2)24(28)26(36)38-4/h7-12,23-24H,5-6,27-28H2,1-4H3. The quantitative estimate of drug-likeness (QED) is 0.317. The number of carbonyl (C=O) groups excluding carboxylic acids is 6. The zero-order valence-electron chi connectivity index (χ0n) is 21.3. The molecule has 0 heterocycles. The minimum atomic E-state index is -1.58. The summed E-state index contributed by atoms with van der Waals surface area (Å²) in [7, 11) is 2.21. The molecule has 2 aromatic rings. The van der Waals surface area contributed by atoms with Crippen molar-refractivity contribution < 1.29 is 38.2 Å². The van der Waals surface area contributed by atoms with Crippen molar-refractivity contribution in [3.05, 3.63) is 58.7 Å². The highest BCUT2D eigenvalue weighted by atomic mass is 16.5. The van der Waals surface area contributed by atoms with Crippen LogP contribution in [0, 0.1) is 0 Å². The molecular weight excluding hydrogens is 496 g/mol. The maximum Gasteiger partial charge on any atom is 0.343 e. The van der Waals surface area contributed by atoms with Gasteiger partial charge in [0.15, 0.2) is 23.9 Å². The summed E-state index contributed by atoms with van der Waals surface area (Å²) in [5.74, 6) is -4.33. The van der Waals surface area contributed by atoms with Gasteiger partial charge in [-0.2, -0.15) is 0 Å². The minimum absolute atomic E-state index is 0.0468. The maximum absolute atomic E-state index is 13.9. The second-order valence-electron chi connectivity index (χ2n) is 8.23. The molecule has 12 nitrogen and oxygen atoms in total. The van der Waals surface area contributed by atoms with Gasteiger partial charge < -0.3 is 20.9 Å². The van der Waals surface area contributed by atoms with Crippen molar-refractivity contribution in [1.82, 2.24) is 0 Å². The first-order valence-electron chi connectivity index (χ1n) is 11.7. The van der Waals surface area contributed by atoms with Crippen molar-refractivity contribution in [2.24, 2.45) is 11.5 Å². The van der Waals surface area contributed by atoms with E-state index in [0.29, 0.717) is 0 Å². The molecule has 2 unspecified atom stereocenters. The topological polar surface area (TPSA) is 179 Å². The van der Waals surface area contributed by atoms with E-state index in [1.807, 2.05) is 0 Å². The number of nitrogens with two attached hydrogens (primary N) is 2. The van der Waals surface area contributed by atoms with Crippen LogP contribution in [0.25, 0.3) is 0 Å². The smallest absolute Gasteiger partial charge is 0.343 e. The van der Waals surface area contributed by atoms with E-state index >= 15 is 0 Å². The number of benzene rings is 2. The summed E-state index contributed by atoms with van der Waals surface area (Å²) in [4.78, 5) is 79.7. The fourth-order valence-corrected chi connectivity index (χ4v) is 4.28. The SMILES string of the molecule is CCC(=O)N(c1cccc2c1C(=O)c1cccc(N(C(=O)CC)C(N)C(=O)OC)c1C2=O)C(N)C(=O)OC. The van der Waals surface area contributed by atoms with E-state index in [9.17, 15) is 28.8 Å². The predicted molar refractivity (Wildman–Crippen MR) is 135 cm³/mol. The first kappa shape index (κ1) is 28.2. The van der Waals surface area contributed by atoms with E-state index < -0.39 is 47.7 Å². The van der Waals surface area contributed by atoms with Crippen LogP contribution in [0.5, 0.6) is 0 Å². The van der Waals surface area contributed by atoms with Crippen molar-refractivity contribution >= 4 is 46.7 Å². The van der Waals surface area contributed by atoms with Crippen molar-refractivity contribution in [2.45, 2.75) is 39.0 Å². The number of ether oxygens (including phenoxy) is 2. The Hall–Kier alpha value is -4.42. The highest BCUT2D eigenvalue weighted by Crippen LogP contribution is 2.38. The summed E-state index contributed by atoms with van der Waals surface area (Å²) in [6, 6.07) is 8.42. The Morgan fingerprint density at radius 2 is 1.05 bits per heavy atom. The number of carbonyl (C=O) groups is 6. The molecule has 0 bridgehead atoms. The van der Waals surface area contributed by atoms with Gasteiger partial charge >= 0.3 is 11.9 Å². The van der Waals surface area contributed by atoms with Gasteiger partial charge in [0.05, 0.1) is 36.7 Å². The first-order chi connectivity index (χ1) is 18.0. The van der Waals surface area contributed by atoms with Crippen LogP contribution in [0.3, 0.4) is 0 Å². The lowest BCUT2D eigenvalue weighted by Crippen LogP contribution is -2.52. The van der Waals surface area contributed by atoms with E-state index in [0.717, 1.165) is 24.0 Å². The molecule has 12 heteroatoms. The number of rotatable bonds is 8. The lowest BCUT2D eigenvalue weighted by molar-refractivity contribution is -0.143. The van der Waals surface area contributed by atoms with Gasteiger partial charge in [-0.05, 0) is 12.1 Å². The highest BCUT2D eigenvalue weighted by molar-refractivity contribution is 6.33. The lowest BCUT2D eigenvalue weighted by atomic mass is 9.81. The van der Waals surface area contributed by atoms with Crippen molar-refractivity contribution in [2.75, 3.05) is 24.0 Å². The number of fused-ring (bicyclic) bond motifs is 2. The van der Waals surface area contributed by atoms with E-state index in [2.05, 4.69) is 9.47 Å². The summed E-state index contributed by atoms with van der Waals surface area (Å²) in [6.45, 7) is 3.10. The summed E-state index contributed by atoms with van der Waals surface area (Å²) < 4.78 is 9.37. The van der Waals surface area contributed by atoms with Crippen LogP contribution >= 0.6 is 0 Å². The molecule has 200 valence electrons. The number of methoxy groups -OCH3 is 2. The Morgan fingerprint density at radius 3 is 1.34 bits per heavy atom. The van der Waals surface area contributed by atoms with Gasteiger partial charge in [-0.3, -0.25) is 29.0 Å². The number of hydrogen-bond donors (Lipinski definition) is 2. The van der Waals surface area contributed by atoms with Gasteiger partial charge in [-0.1, -0.05) is 38.1 Å². The van der Waals surface area contributed by atoms with Crippen LogP contribution in [0.2, 0.25) is 0 Å². The fourth-order valence-electron chi connectivity index (χ4n) is 4.28. The average Bonchev–Trinajstić information content (AvgIpc) is 2.94. The summed E-state index contributed by atoms with van der Waals surface area (Å²) in [5.41, 5.74) is 11.5. The monoisotopic (exact) mass is 524 g/mol. The third-order valence-corrected chi connectivity index (χ3v) is 6.13. The summed E-state index contributed by atoms with van der Waals surface area (Å²) in [5, 5.41) is 0. The molecule has 0 aliphatic heterocycles. The number of hydrogen-bond acceptors (Lipinski definition) is 10.